The van der Waals surface area contributed by atoms with Crippen LogP contribution in [0.15, 0.2) is 33.5 Å². The Balaban J connectivity index is 2.54. The Morgan fingerprint density at radius 2 is 1.89 bits per heavy atom. The molecule has 0 radical (unpaired) electrons. The molecule has 0 bridgehead atoms. The fourth-order valence-corrected chi connectivity index (χ4v) is 4.07. The van der Waals surface area contributed by atoms with Crippen LogP contribution >= 0.6 is 22.9 Å². The molecular weight excluding hydrogens is 312 g/mol. The van der Waals surface area contributed by atoms with E-state index in [4.69, 9.17) is 11.6 Å². The quantitative estimate of drug-likeness (QED) is 0.641. The topological polar surface area (TPSA) is 90.2 Å². The van der Waals surface area contributed by atoms with Gasteiger partial charge in [-0.25, -0.2) is 13.4 Å². The van der Waals surface area contributed by atoms with E-state index in [0.717, 1.165) is 5.56 Å². The Kier molecular flexibility index (Phi) is 3.57. The van der Waals surface area contributed by atoms with Crippen molar-refractivity contribution in [3.05, 3.63) is 45.1 Å². The second-order valence-electron chi connectivity index (χ2n) is 3.65. The minimum absolute atomic E-state index is 0.0263. The molecule has 0 saturated carbocycles. The van der Waals surface area contributed by atoms with Crippen LogP contribution < -0.4 is 0 Å². The smallest absolute Gasteiger partial charge is 0.257 e. The summed E-state index contributed by atoms with van der Waals surface area (Å²) in [5.74, 6) is 0. The lowest BCUT2D eigenvalue weighted by molar-refractivity contribution is -0.380. The molecule has 100 valence electrons. The van der Waals surface area contributed by atoms with Crippen LogP contribution in [0.3, 0.4) is 0 Å². The lowest BCUT2D eigenvalue weighted by Gasteiger charge is -2.00. The fraction of sp³-hybridized carbons (Fsp3) is 0.100. The number of hydrogen-bond acceptors (Lipinski definition) is 6. The molecule has 19 heavy (non-hydrogen) atoms. The summed E-state index contributed by atoms with van der Waals surface area (Å²) in [5, 5.41) is 9.74. The number of nitrogens with zero attached hydrogens (tertiary/aromatic N) is 2. The number of hydrogen-bond donors (Lipinski definition) is 0. The SMILES string of the molecule is Cc1ccc(S(=O)(=O)c2nc(Cl)c([N+](=O)[O-])s2)cc1. The lowest BCUT2D eigenvalue weighted by Crippen LogP contribution is -2.01. The first kappa shape index (κ1) is 13.9. The van der Waals surface area contributed by atoms with Gasteiger partial charge in [0.1, 0.15) is 0 Å². The van der Waals surface area contributed by atoms with Gasteiger partial charge in [-0.2, -0.15) is 0 Å². The van der Waals surface area contributed by atoms with Gasteiger partial charge in [0.2, 0.25) is 19.3 Å². The van der Waals surface area contributed by atoms with Crippen molar-refractivity contribution < 1.29 is 13.3 Å². The molecule has 2 aromatic rings. The van der Waals surface area contributed by atoms with Gasteiger partial charge in [-0.1, -0.05) is 29.3 Å². The average Bonchev–Trinajstić information content (AvgIpc) is 2.72. The molecule has 0 spiro atoms. The molecule has 0 atom stereocenters. The number of aryl methyl sites for hydroxylation is 1. The van der Waals surface area contributed by atoms with Gasteiger partial charge in [-0.15, -0.1) is 0 Å². The zero-order chi connectivity index (χ0) is 14.2. The fourth-order valence-electron chi connectivity index (χ4n) is 1.32. The third kappa shape index (κ3) is 2.60. The summed E-state index contributed by atoms with van der Waals surface area (Å²) in [5.41, 5.74) is 0.905. The van der Waals surface area contributed by atoms with Crippen LogP contribution in [-0.2, 0) is 9.84 Å². The van der Waals surface area contributed by atoms with Crippen LogP contribution in [0, 0.1) is 17.0 Å². The van der Waals surface area contributed by atoms with Crippen molar-refractivity contribution in [3.8, 4) is 0 Å². The summed E-state index contributed by atoms with van der Waals surface area (Å²) < 4.78 is 24.0. The highest BCUT2D eigenvalue weighted by molar-refractivity contribution is 7.93. The number of benzene rings is 1. The summed E-state index contributed by atoms with van der Waals surface area (Å²) in [6.45, 7) is 1.82. The second-order valence-corrected chi connectivity index (χ2v) is 7.11. The molecular formula is C10H7ClN2O4S2. The van der Waals surface area contributed by atoms with Gasteiger partial charge in [0, 0.05) is 0 Å². The number of halogens is 1. The van der Waals surface area contributed by atoms with Gasteiger partial charge in [-0.05, 0) is 30.4 Å². The molecule has 0 N–H and O–H groups in total. The molecule has 0 amide bonds. The highest BCUT2D eigenvalue weighted by atomic mass is 35.5. The van der Waals surface area contributed by atoms with Crippen molar-refractivity contribution in [2.24, 2.45) is 0 Å². The monoisotopic (exact) mass is 318 g/mol. The van der Waals surface area contributed by atoms with E-state index < -0.39 is 24.9 Å². The van der Waals surface area contributed by atoms with Crippen LogP contribution in [0.1, 0.15) is 5.56 Å². The van der Waals surface area contributed by atoms with Crippen LogP contribution in [0.25, 0.3) is 0 Å². The van der Waals surface area contributed by atoms with Crippen molar-refractivity contribution in [3.63, 3.8) is 0 Å². The van der Waals surface area contributed by atoms with Gasteiger partial charge in [-0.3, -0.25) is 10.1 Å². The first-order chi connectivity index (χ1) is 8.82. The molecule has 0 aliphatic rings. The Hall–Kier alpha value is -1.51. The first-order valence-corrected chi connectivity index (χ1v) is 7.62. The van der Waals surface area contributed by atoms with Gasteiger partial charge in [0.15, 0.2) is 0 Å². The maximum atomic E-state index is 12.2. The number of rotatable bonds is 3. The number of thiazole rings is 1. The Labute approximate surface area is 117 Å². The first-order valence-electron chi connectivity index (χ1n) is 4.95. The highest BCUT2D eigenvalue weighted by Crippen LogP contribution is 2.35. The van der Waals surface area contributed by atoms with E-state index in [-0.39, 0.29) is 9.24 Å². The summed E-state index contributed by atoms with van der Waals surface area (Å²) >= 11 is 6.00. The average molecular weight is 319 g/mol. The van der Waals surface area contributed by atoms with Crippen molar-refractivity contribution >= 4 is 37.8 Å². The Morgan fingerprint density at radius 1 is 1.32 bits per heavy atom. The molecule has 0 unspecified atom stereocenters. The number of nitro groups is 1. The van der Waals surface area contributed by atoms with Gasteiger partial charge in [0.05, 0.1) is 9.82 Å². The number of sulfone groups is 1. The summed E-state index contributed by atoms with van der Waals surface area (Å²) in [4.78, 5) is 13.5. The van der Waals surface area contributed by atoms with Crippen molar-refractivity contribution in [1.82, 2.24) is 4.98 Å². The maximum absolute atomic E-state index is 12.2. The standard InChI is InChI=1S/C10H7ClN2O4S2/c1-6-2-4-7(5-3-6)19(16,17)10-12-8(11)9(18-10)13(14)15/h2-5H,1H3. The van der Waals surface area contributed by atoms with E-state index in [9.17, 15) is 18.5 Å². The zero-order valence-electron chi connectivity index (χ0n) is 9.53. The number of aromatic nitrogens is 1. The largest absolute Gasteiger partial charge is 0.363 e. The van der Waals surface area contributed by atoms with Crippen molar-refractivity contribution in [2.75, 3.05) is 0 Å². The summed E-state index contributed by atoms with van der Waals surface area (Å²) in [6.07, 6.45) is 0. The van der Waals surface area contributed by atoms with E-state index in [2.05, 4.69) is 4.98 Å². The van der Waals surface area contributed by atoms with Gasteiger partial charge >= 0.3 is 5.00 Å². The van der Waals surface area contributed by atoms with Gasteiger partial charge in [0.25, 0.3) is 0 Å². The molecule has 0 aliphatic carbocycles. The van der Waals surface area contributed by atoms with Crippen LogP contribution in [-0.4, -0.2) is 18.3 Å². The minimum Gasteiger partial charge on any atom is -0.257 e. The Morgan fingerprint density at radius 3 is 2.37 bits per heavy atom. The molecule has 0 saturated heterocycles. The molecule has 1 aromatic carbocycles. The molecule has 1 aromatic heterocycles. The van der Waals surface area contributed by atoms with Crippen molar-refractivity contribution in [1.29, 1.82) is 0 Å². The molecule has 0 fully saturated rings. The lowest BCUT2D eigenvalue weighted by atomic mass is 10.2. The second kappa shape index (κ2) is 4.87. The third-order valence-electron chi connectivity index (χ3n) is 2.28. The normalized spacial score (nSPS) is 11.5. The minimum atomic E-state index is -3.87. The predicted octanol–water partition coefficient (Wildman–Crippen LogP) is 2.85. The van der Waals surface area contributed by atoms with E-state index in [1.54, 1.807) is 12.1 Å². The Bertz CT molecular complexity index is 737. The third-order valence-corrected chi connectivity index (χ3v) is 5.81. The zero-order valence-corrected chi connectivity index (χ0v) is 11.9. The molecule has 9 heteroatoms. The molecule has 2 rings (SSSR count). The summed E-state index contributed by atoms with van der Waals surface area (Å²) in [6, 6.07) is 6.12. The van der Waals surface area contributed by atoms with E-state index in [1.807, 2.05) is 6.92 Å². The van der Waals surface area contributed by atoms with Crippen LogP contribution in [0.5, 0.6) is 0 Å². The van der Waals surface area contributed by atoms with E-state index in [0.29, 0.717) is 11.3 Å². The van der Waals surface area contributed by atoms with E-state index >= 15 is 0 Å². The van der Waals surface area contributed by atoms with Crippen LogP contribution in [0.2, 0.25) is 5.15 Å². The van der Waals surface area contributed by atoms with Gasteiger partial charge < -0.3 is 0 Å². The van der Waals surface area contributed by atoms with Crippen molar-refractivity contribution in [2.45, 2.75) is 16.2 Å². The maximum Gasteiger partial charge on any atom is 0.363 e. The summed E-state index contributed by atoms with van der Waals surface area (Å²) in [7, 11) is -3.87. The van der Waals surface area contributed by atoms with E-state index in [1.165, 1.54) is 12.1 Å². The predicted molar refractivity (Wildman–Crippen MR) is 70.4 cm³/mol. The molecule has 1 heterocycles. The highest BCUT2D eigenvalue weighted by Gasteiger charge is 2.28. The molecule has 6 nitrogen and oxygen atoms in total. The molecule has 0 aliphatic heterocycles. The van der Waals surface area contributed by atoms with Crippen LogP contribution in [0.4, 0.5) is 5.00 Å².